The molecular weight excluding hydrogens is 290 g/mol. The van der Waals surface area contributed by atoms with Gasteiger partial charge in [-0.05, 0) is 38.2 Å². The average molecular weight is 314 g/mol. The minimum Gasteiger partial charge on any atom is -0.370 e. The molecule has 0 aromatic heterocycles. The molecule has 1 aromatic carbocycles. The van der Waals surface area contributed by atoms with Crippen LogP contribution in [-0.4, -0.2) is 38.6 Å². The lowest BCUT2D eigenvalue weighted by atomic mass is 10.1. The summed E-state index contributed by atoms with van der Waals surface area (Å²) in [4.78, 5) is 4.63. The van der Waals surface area contributed by atoms with Gasteiger partial charge in [-0.3, -0.25) is 0 Å². The van der Waals surface area contributed by atoms with Crippen LogP contribution in [0.15, 0.2) is 22.7 Å². The van der Waals surface area contributed by atoms with E-state index in [1.165, 1.54) is 11.3 Å². The van der Waals surface area contributed by atoms with Gasteiger partial charge in [0.25, 0.3) is 0 Å². The van der Waals surface area contributed by atoms with Crippen LogP contribution in [0, 0.1) is 0 Å². The lowest BCUT2D eigenvalue weighted by Gasteiger charge is -2.28. The van der Waals surface area contributed by atoms with Crippen LogP contribution in [0.5, 0.6) is 0 Å². The van der Waals surface area contributed by atoms with Gasteiger partial charge in [-0.15, -0.1) is 0 Å². The molecule has 0 atom stereocenters. The van der Waals surface area contributed by atoms with Gasteiger partial charge in [0.05, 0.1) is 0 Å². The van der Waals surface area contributed by atoms with Crippen molar-refractivity contribution < 1.29 is 0 Å². The van der Waals surface area contributed by atoms with Crippen LogP contribution in [0.25, 0.3) is 0 Å². The topological polar surface area (TPSA) is 32.5 Å². The maximum absolute atomic E-state index is 5.84. The summed E-state index contributed by atoms with van der Waals surface area (Å²) in [7, 11) is 4.21. The van der Waals surface area contributed by atoms with Crippen LogP contribution in [0.2, 0.25) is 0 Å². The third-order valence-electron chi connectivity index (χ3n) is 2.92. The van der Waals surface area contributed by atoms with Crippen molar-refractivity contribution in [3.8, 4) is 0 Å². The van der Waals surface area contributed by atoms with E-state index in [4.69, 9.17) is 5.73 Å². The number of anilines is 1. The number of halogens is 1. The van der Waals surface area contributed by atoms with Gasteiger partial charge in [-0.2, -0.15) is 0 Å². The molecule has 0 saturated carbocycles. The number of nitrogens with two attached hydrogens (primary N) is 1. The third kappa shape index (κ3) is 4.59. The first-order valence-electron chi connectivity index (χ1n) is 6.46. The molecule has 0 aliphatic heterocycles. The van der Waals surface area contributed by atoms with E-state index in [9.17, 15) is 0 Å². The van der Waals surface area contributed by atoms with Gasteiger partial charge < -0.3 is 15.5 Å². The Hall–Kier alpha value is -0.580. The first-order valence-corrected chi connectivity index (χ1v) is 7.26. The molecule has 0 radical (unpaired) electrons. The Morgan fingerprint density at radius 1 is 1.17 bits per heavy atom. The molecule has 0 spiro atoms. The number of rotatable bonds is 7. The van der Waals surface area contributed by atoms with Gasteiger partial charge in [0, 0.05) is 36.3 Å². The van der Waals surface area contributed by atoms with Crippen LogP contribution in [0.3, 0.4) is 0 Å². The van der Waals surface area contributed by atoms with Crippen molar-refractivity contribution in [2.45, 2.75) is 19.9 Å². The smallest absolute Gasteiger partial charge is 0.0423 e. The van der Waals surface area contributed by atoms with Crippen LogP contribution in [0.1, 0.15) is 18.9 Å². The van der Waals surface area contributed by atoms with Crippen LogP contribution < -0.4 is 10.6 Å². The number of likely N-dealkylation sites (N-methyl/N-ethyl adjacent to an activating group) is 1. The normalized spacial score (nSPS) is 11.0. The molecule has 0 aliphatic carbocycles. The van der Waals surface area contributed by atoms with Crippen molar-refractivity contribution in [3.05, 3.63) is 28.2 Å². The molecule has 0 heterocycles. The van der Waals surface area contributed by atoms with Crippen molar-refractivity contribution in [1.82, 2.24) is 4.90 Å². The molecule has 3 nitrogen and oxygen atoms in total. The average Bonchev–Trinajstić information content (AvgIpc) is 2.34. The second-order valence-electron chi connectivity index (χ2n) is 4.77. The Balaban J connectivity index is 2.92. The number of hydrogen-bond acceptors (Lipinski definition) is 3. The highest BCUT2D eigenvalue weighted by molar-refractivity contribution is 9.10. The summed E-state index contributed by atoms with van der Waals surface area (Å²) in [5.74, 6) is 0. The van der Waals surface area contributed by atoms with Crippen LogP contribution in [-0.2, 0) is 6.54 Å². The molecule has 1 rings (SSSR count). The van der Waals surface area contributed by atoms with Gasteiger partial charge in [-0.1, -0.05) is 28.9 Å². The van der Waals surface area contributed by atoms with Crippen molar-refractivity contribution >= 4 is 21.6 Å². The van der Waals surface area contributed by atoms with Crippen molar-refractivity contribution in [1.29, 1.82) is 0 Å². The Kier molecular flexibility index (Phi) is 6.68. The maximum atomic E-state index is 5.84. The first-order chi connectivity index (χ1) is 8.58. The van der Waals surface area contributed by atoms with E-state index in [1.54, 1.807) is 0 Å². The highest BCUT2D eigenvalue weighted by atomic mass is 79.9. The standard InChI is InChI=1S/C14H24BrN3/c1-4-7-18(9-8-17(2)3)14-10-13(15)6-5-12(14)11-16/h5-6,10H,4,7-9,11,16H2,1-3H3. The summed E-state index contributed by atoms with van der Waals surface area (Å²) in [5, 5.41) is 0. The first kappa shape index (κ1) is 15.5. The second-order valence-corrected chi connectivity index (χ2v) is 5.68. The van der Waals surface area contributed by atoms with Crippen molar-refractivity contribution in [2.75, 3.05) is 38.6 Å². The molecule has 2 N–H and O–H groups in total. The number of hydrogen-bond donors (Lipinski definition) is 1. The Labute approximate surface area is 119 Å². The molecule has 102 valence electrons. The zero-order valence-corrected chi connectivity index (χ0v) is 13.2. The minimum atomic E-state index is 0.588. The largest absolute Gasteiger partial charge is 0.370 e. The van der Waals surface area contributed by atoms with Gasteiger partial charge >= 0.3 is 0 Å². The predicted molar refractivity (Wildman–Crippen MR) is 83.1 cm³/mol. The van der Waals surface area contributed by atoms with Crippen LogP contribution in [0.4, 0.5) is 5.69 Å². The Morgan fingerprint density at radius 3 is 2.44 bits per heavy atom. The summed E-state index contributed by atoms with van der Waals surface area (Å²) in [6.07, 6.45) is 1.14. The zero-order chi connectivity index (χ0) is 13.5. The SMILES string of the molecule is CCCN(CCN(C)C)c1cc(Br)ccc1CN. The molecule has 4 heteroatoms. The molecule has 1 aromatic rings. The quantitative estimate of drug-likeness (QED) is 0.840. The molecule has 0 fully saturated rings. The van der Waals surface area contributed by atoms with Gasteiger partial charge in [0.2, 0.25) is 0 Å². The molecule has 0 amide bonds. The van der Waals surface area contributed by atoms with Gasteiger partial charge in [0.1, 0.15) is 0 Å². The number of nitrogens with zero attached hydrogens (tertiary/aromatic N) is 2. The summed E-state index contributed by atoms with van der Waals surface area (Å²) >= 11 is 3.55. The second kappa shape index (κ2) is 7.77. The summed E-state index contributed by atoms with van der Waals surface area (Å²) in [6, 6.07) is 6.34. The molecular formula is C14H24BrN3. The van der Waals surface area contributed by atoms with Gasteiger partial charge in [0.15, 0.2) is 0 Å². The van der Waals surface area contributed by atoms with E-state index < -0.39 is 0 Å². The van der Waals surface area contributed by atoms with Crippen molar-refractivity contribution in [3.63, 3.8) is 0 Å². The molecule has 0 saturated heterocycles. The van der Waals surface area contributed by atoms with Crippen molar-refractivity contribution in [2.24, 2.45) is 5.73 Å². The fourth-order valence-electron chi connectivity index (χ4n) is 1.95. The minimum absolute atomic E-state index is 0.588. The molecule has 18 heavy (non-hydrogen) atoms. The maximum Gasteiger partial charge on any atom is 0.0423 e. The van der Waals surface area contributed by atoms with E-state index in [0.717, 1.165) is 30.5 Å². The van der Waals surface area contributed by atoms with E-state index in [2.05, 4.69) is 64.9 Å². The predicted octanol–water partition coefficient (Wildman–Crippen LogP) is 2.69. The highest BCUT2D eigenvalue weighted by Gasteiger charge is 2.10. The monoisotopic (exact) mass is 313 g/mol. The van der Waals surface area contributed by atoms with E-state index in [1.807, 2.05) is 0 Å². The molecule has 0 aliphatic rings. The lowest BCUT2D eigenvalue weighted by molar-refractivity contribution is 0.413. The molecule has 0 unspecified atom stereocenters. The Bertz CT molecular complexity index is 366. The number of benzene rings is 1. The van der Waals surface area contributed by atoms with Crippen LogP contribution >= 0.6 is 15.9 Å². The van der Waals surface area contributed by atoms with Gasteiger partial charge in [-0.25, -0.2) is 0 Å². The summed E-state index contributed by atoms with van der Waals surface area (Å²) in [5.41, 5.74) is 8.31. The van der Waals surface area contributed by atoms with E-state index in [0.29, 0.717) is 6.54 Å². The molecule has 0 bridgehead atoms. The fourth-order valence-corrected chi connectivity index (χ4v) is 2.30. The Morgan fingerprint density at radius 2 is 1.89 bits per heavy atom. The summed E-state index contributed by atoms with van der Waals surface area (Å²) < 4.78 is 1.11. The highest BCUT2D eigenvalue weighted by Crippen LogP contribution is 2.25. The fraction of sp³-hybridized carbons (Fsp3) is 0.571. The summed E-state index contributed by atoms with van der Waals surface area (Å²) in [6.45, 7) is 5.95. The van der Waals surface area contributed by atoms with E-state index >= 15 is 0 Å². The van der Waals surface area contributed by atoms with E-state index in [-0.39, 0.29) is 0 Å². The third-order valence-corrected chi connectivity index (χ3v) is 3.41. The lowest BCUT2D eigenvalue weighted by Crippen LogP contribution is -2.33. The zero-order valence-electron chi connectivity index (χ0n) is 11.6.